The summed E-state index contributed by atoms with van der Waals surface area (Å²) in [5.41, 5.74) is 2.18. The van der Waals surface area contributed by atoms with Gasteiger partial charge in [-0.3, -0.25) is 4.79 Å². The number of aryl methyl sites for hydroxylation is 2. The fraction of sp³-hybridized carbons (Fsp3) is 0.688. The fourth-order valence-electron chi connectivity index (χ4n) is 2.89. The van der Waals surface area contributed by atoms with E-state index in [2.05, 4.69) is 23.0 Å². The third kappa shape index (κ3) is 4.49. The van der Waals surface area contributed by atoms with Crippen molar-refractivity contribution in [3.8, 4) is 0 Å². The average Bonchev–Trinajstić information content (AvgIpc) is 2.76. The maximum Gasteiger partial charge on any atom is 0.223 e. The number of amides is 1. The molecule has 0 aromatic carbocycles. The van der Waals surface area contributed by atoms with Crippen molar-refractivity contribution in [1.29, 1.82) is 0 Å². The first-order valence-corrected chi connectivity index (χ1v) is 7.72. The van der Waals surface area contributed by atoms with Gasteiger partial charge in [0.15, 0.2) is 0 Å². The number of hydrogen-bond donors (Lipinski definition) is 0. The highest BCUT2D eigenvalue weighted by atomic mass is 16.5. The lowest BCUT2D eigenvalue weighted by molar-refractivity contribution is -0.128. The van der Waals surface area contributed by atoms with Gasteiger partial charge in [0, 0.05) is 38.0 Å². The summed E-state index contributed by atoms with van der Waals surface area (Å²) in [4.78, 5) is 22.8. The Morgan fingerprint density at radius 1 is 1.38 bits per heavy atom. The predicted octanol–water partition coefficient (Wildman–Crippen LogP) is 1.77. The van der Waals surface area contributed by atoms with Gasteiger partial charge in [-0.1, -0.05) is 13.3 Å². The molecule has 0 bridgehead atoms. The van der Waals surface area contributed by atoms with Gasteiger partial charge in [0.25, 0.3) is 0 Å². The second-order valence-corrected chi connectivity index (χ2v) is 5.75. The molecule has 0 spiro atoms. The molecule has 0 saturated carbocycles. The van der Waals surface area contributed by atoms with Crippen LogP contribution in [0.4, 0.5) is 0 Å². The van der Waals surface area contributed by atoms with Gasteiger partial charge in [0.05, 0.1) is 6.61 Å². The number of likely N-dealkylation sites (tertiary alicyclic amines) is 1. The van der Waals surface area contributed by atoms with Gasteiger partial charge < -0.3 is 9.64 Å². The second kappa shape index (κ2) is 7.50. The number of rotatable bonds is 7. The Bertz CT molecular complexity index is 490. The highest BCUT2D eigenvalue weighted by Gasteiger charge is 2.29. The fourth-order valence-corrected chi connectivity index (χ4v) is 2.89. The number of hydrogen-bond acceptors (Lipinski definition) is 4. The molecule has 0 aliphatic carbocycles. The summed E-state index contributed by atoms with van der Waals surface area (Å²) in [5, 5.41) is 0. The maximum atomic E-state index is 12.0. The van der Waals surface area contributed by atoms with Gasteiger partial charge in [-0.2, -0.15) is 0 Å². The van der Waals surface area contributed by atoms with E-state index >= 15 is 0 Å². The van der Waals surface area contributed by atoms with Gasteiger partial charge in [0.1, 0.15) is 5.82 Å². The second-order valence-electron chi connectivity index (χ2n) is 5.75. The number of aromatic nitrogens is 2. The van der Waals surface area contributed by atoms with E-state index in [1.807, 2.05) is 11.8 Å². The van der Waals surface area contributed by atoms with Crippen LogP contribution in [0.2, 0.25) is 0 Å². The number of nitrogens with zero attached hydrogens (tertiary/aromatic N) is 3. The largest absolute Gasteiger partial charge is 0.383 e. The summed E-state index contributed by atoms with van der Waals surface area (Å²) in [5.74, 6) is 1.42. The number of carbonyl (C=O) groups excluding carboxylic acids is 1. The van der Waals surface area contributed by atoms with E-state index in [1.54, 1.807) is 7.11 Å². The molecular weight excluding hydrogens is 266 g/mol. The van der Waals surface area contributed by atoms with Gasteiger partial charge in [0.2, 0.25) is 5.91 Å². The zero-order valence-corrected chi connectivity index (χ0v) is 13.3. The Morgan fingerprint density at radius 3 is 2.86 bits per heavy atom. The van der Waals surface area contributed by atoms with Crippen LogP contribution in [0.3, 0.4) is 0 Å². The first kappa shape index (κ1) is 15.9. The molecular formula is C16H25N3O2. The summed E-state index contributed by atoms with van der Waals surface area (Å²) in [6, 6.07) is 2.10. The minimum Gasteiger partial charge on any atom is -0.383 e. The van der Waals surface area contributed by atoms with Crippen LogP contribution < -0.4 is 0 Å². The van der Waals surface area contributed by atoms with Crippen molar-refractivity contribution in [3.05, 3.63) is 23.3 Å². The molecule has 21 heavy (non-hydrogen) atoms. The average molecular weight is 291 g/mol. The SMILES string of the molecule is CCCc1cc(C[C@H]2CC(=O)N(CCOC)C2)nc(C)n1. The molecule has 1 amide bonds. The van der Waals surface area contributed by atoms with Crippen LogP contribution in [-0.2, 0) is 22.4 Å². The molecule has 2 heterocycles. The Morgan fingerprint density at radius 2 is 2.14 bits per heavy atom. The van der Waals surface area contributed by atoms with Crippen molar-refractivity contribution in [3.63, 3.8) is 0 Å². The van der Waals surface area contributed by atoms with Crippen molar-refractivity contribution in [1.82, 2.24) is 14.9 Å². The van der Waals surface area contributed by atoms with Crippen molar-refractivity contribution in [2.75, 3.05) is 26.8 Å². The molecule has 1 fully saturated rings. The van der Waals surface area contributed by atoms with Gasteiger partial charge in [-0.05, 0) is 31.7 Å². The van der Waals surface area contributed by atoms with Crippen LogP contribution in [0, 0.1) is 12.8 Å². The highest BCUT2D eigenvalue weighted by molar-refractivity contribution is 5.78. The van der Waals surface area contributed by atoms with E-state index in [9.17, 15) is 4.79 Å². The van der Waals surface area contributed by atoms with Crippen molar-refractivity contribution in [2.45, 2.75) is 39.5 Å². The third-order valence-electron chi connectivity index (χ3n) is 3.81. The third-order valence-corrected chi connectivity index (χ3v) is 3.81. The molecule has 1 aliphatic rings. The molecule has 0 unspecified atom stereocenters. The molecule has 116 valence electrons. The Hall–Kier alpha value is -1.49. The van der Waals surface area contributed by atoms with Crippen LogP contribution in [0.1, 0.15) is 37.0 Å². The summed E-state index contributed by atoms with van der Waals surface area (Å²) in [7, 11) is 1.66. The Kier molecular flexibility index (Phi) is 5.67. The zero-order valence-electron chi connectivity index (χ0n) is 13.3. The summed E-state index contributed by atoms with van der Waals surface area (Å²) >= 11 is 0. The molecule has 1 aromatic heterocycles. The number of carbonyl (C=O) groups is 1. The van der Waals surface area contributed by atoms with E-state index in [-0.39, 0.29) is 5.91 Å². The van der Waals surface area contributed by atoms with Crippen LogP contribution in [-0.4, -0.2) is 47.6 Å². The molecule has 5 nitrogen and oxygen atoms in total. The quantitative estimate of drug-likeness (QED) is 0.768. The van der Waals surface area contributed by atoms with Crippen LogP contribution in [0.25, 0.3) is 0 Å². The zero-order chi connectivity index (χ0) is 15.2. The molecule has 1 saturated heterocycles. The molecule has 2 rings (SSSR count). The van der Waals surface area contributed by atoms with Gasteiger partial charge in [-0.15, -0.1) is 0 Å². The van der Waals surface area contributed by atoms with Crippen LogP contribution >= 0.6 is 0 Å². The van der Waals surface area contributed by atoms with E-state index in [1.165, 1.54) is 0 Å². The monoisotopic (exact) mass is 291 g/mol. The summed E-state index contributed by atoms with van der Waals surface area (Å²) in [6.07, 6.45) is 3.55. The summed E-state index contributed by atoms with van der Waals surface area (Å²) < 4.78 is 5.05. The normalized spacial score (nSPS) is 18.5. The summed E-state index contributed by atoms with van der Waals surface area (Å²) in [6.45, 7) is 6.20. The molecule has 5 heteroatoms. The Labute approximate surface area is 126 Å². The predicted molar refractivity (Wildman–Crippen MR) is 81.0 cm³/mol. The first-order valence-electron chi connectivity index (χ1n) is 7.72. The first-order chi connectivity index (χ1) is 10.1. The van der Waals surface area contributed by atoms with Crippen molar-refractivity contribution in [2.24, 2.45) is 5.92 Å². The maximum absolute atomic E-state index is 12.0. The van der Waals surface area contributed by atoms with E-state index < -0.39 is 0 Å². The molecule has 1 atom stereocenters. The number of methoxy groups -OCH3 is 1. The molecule has 1 aromatic rings. The Balaban J connectivity index is 1.97. The van der Waals surface area contributed by atoms with Crippen molar-refractivity contribution < 1.29 is 9.53 Å². The van der Waals surface area contributed by atoms with Crippen LogP contribution in [0.15, 0.2) is 6.07 Å². The van der Waals surface area contributed by atoms with E-state index in [4.69, 9.17) is 4.74 Å². The van der Waals surface area contributed by atoms with Gasteiger partial charge in [-0.25, -0.2) is 9.97 Å². The van der Waals surface area contributed by atoms with E-state index in [0.717, 1.165) is 43.0 Å². The molecule has 0 N–H and O–H groups in total. The van der Waals surface area contributed by atoms with Crippen LogP contribution in [0.5, 0.6) is 0 Å². The van der Waals surface area contributed by atoms with Gasteiger partial charge >= 0.3 is 0 Å². The lowest BCUT2D eigenvalue weighted by atomic mass is 10.0. The number of ether oxygens (including phenoxy) is 1. The topological polar surface area (TPSA) is 55.3 Å². The van der Waals surface area contributed by atoms with E-state index in [0.29, 0.717) is 25.5 Å². The lowest BCUT2D eigenvalue weighted by Gasteiger charge is -2.16. The molecule has 0 radical (unpaired) electrons. The minimum atomic E-state index is 0.233. The highest BCUT2D eigenvalue weighted by Crippen LogP contribution is 2.21. The minimum absolute atomic E-state index is 0.233. The lowest BCUT2D eigenvalue weighted by Crippen LogP contribution is -2.29. The molecule has 1 aliphatic heterocycles. The standard InChI is InChI=1S/C16H25N3O2/c1-4-5-14-10-15(18-12(2)17-14)8-13-9-16(20)19(11-13)6-7-21-3/h10,13H,4-9,11H2,1-3H3/t13-/m0/s1. The smallest absolute Gasteiger partial charge is 0.223 e. The van der Waals surface area contributed by atoms with Crippen molar-refractivity contribution >= 4 is 5.91 Å².